The summed E-state index contributed by atoms with van der Waals surface area (Å²) >= 11 is 0. The molecule has 0 spiro atoms. The van der Waals surface area contributed by atoms with Crippen molar-refractivity contribution in [3.05, 3.63) is 35.9 Å². The summed E-state index contributed by atoms with van der Waals surface area (Å²) in [6, 6.07) is 7.44. The molecular formula is C17H23NO4. The smallest absolute Gasteiger partial charge is 0.325 e. The average Bonchev–Trinajstić information content (AvgIpc) is 2.53. The number of hydrogen-bond acceptors (Lipinski definition) is 4. The van der Waals surface area contributed by atoms with Gasteiger partial charge >= 0.3 is 5.97 Å². The number of allylic oxidation sites excluding steroid dienone is 1. The number of hydrogen-bond donors (Lipinski definition) is 1. The molecule has 0 aromatic heterocycles. The second kappa shape index (κ2) is 9.60. The van der Waals surface area contributed by atoms with Crippen molar-refractivity contribution in [1.29, 1.82) is 0 Å². The SMILES string of the molecule is CCCCOC(=O)CNC(=O)/C=C(/C)c1ccccc1OC. The summed E-state index contributed by atoms with van der Waals surface area (Å²) < 4.78 is 10.2. The molecule has 0 saturated carbocycles. The highest BCUT2D eigenvalue weighted by atomic mass is 16.5. The van der Waals surface area contributed by atoms with E-state index in [2.05, 4.69) is 5.32 Å². The summed E-state index contributed by atoms with van der Waals surface area (Å²) in [5.74, 6) is -0.0657. The Balaban J connectivity index is 2.54. The molecule has 1 rings (SSSR count). The number of para-hydroxylation sites is 1. The zero-order valence-electron chi connectivity index (χ0n) is 13.3. The van der Waals surface area contributed by atoms with Gasteiger partial charge in [0, 0.05) is 11.6 Å². The van der Waals surface area contributed by atoms with Gasteiger partial charge < -0.3 is 14.8 Å². The third-order valence-corrected chi connectivity index (χ3v) is 3.05. The van der Waals surface area contributed by atoms with Crippen molar-refractivity contribution < 1.29 is 19.1 Å². The fourth-order valence-corrected chi connectivity index (χ4v) is 1.84. The number of methoxy groups -OCH3 is 1. The van der Waals surface area contributed by atoms with Crippen LogP contribution in [-0.4, -0.2) is 32.1 Å². The molecule has 0 unspecified atom stereocenters. The Labute approximate surface area is 131 Å². The second-order valence-electron chi connectivity index (χ2n) is 4.82. The van der Waals surface area contributed by atoms with E-state index in [1.54, 1.807) is 7.11 Å². The molecule has 1 aromatic carbocycles. The van der Waals surface area contributed by atoms with Crippen LogP contribution in [0.4, 0.5) is 0 Å². The van der Waals surface area contributed by atoms with Gasteiger partial charge in [0.15, 0.2) is 0 Å². The van der Waals surface area contributed by atoms with Gasteiger partial charge in [-0.25, -0.2) is 0 Å². The van der Waals surface area contributed by atoms with E-state index in [1.165, 1.54) is 6.08 Å². The zero-order chi connectivity index (χ0) is 16.4. The van der Waals surface area contributed by atoms with Crippen molar-refractivity contribution in [2.24, 2.45) is 0 Å². The quantitative estimate of drug-likeness (QED) is 0.455. The van der Waals surface area contributed by atoms with Crippen LogP contribution >= 0.6 is 0 Å². The van der Waals surface area contributed by atoms with Crippen LogP contribution in [0.15, 0.2) is 30.3 Å². The summed E-state index contributed by atoms with van der Waals surface area (Å²) in [5.41, 5.74) is 1.60. The lowest BCUT2D eigenvalue weighted by Crippen LogP contribution is -2.29. The molecule has 5 nitrogen and oxygen atoms in total. The van der Waals surface area contributed by atoms with Crippen LogP contribution < -0.4 is 10.1 Å². The maximum Gasteiger partial charge on any atom is 0.325 e. The van der Waals surface area contributed by atoms with Gasteiger partial charge in [0.05, 0.1) is 13.7 Å². The number of nitrogens with one attached hydrogen (secondary N) is 1. The normalized spacial score (nSPS) is 11.0. The fraction of sp³-hybridized carbons (Fsp3) is 0.412. The van der Waals surface area contributed by atoms with Crippen molar-refractivity contribution in [2.45, 2.75) is 26.7 Å². The third-order valence-electron chi connectivity index (χ3n) is 3.05. The Hall–Kier alpha value is -2.30. The van der Waals surface area contributed by atoms with Gasteiger partial charge in [-0.15, -0.1) is 0 Å². The minimum atomic E-state index is -0.426. The fourth-order valence-electron chi connectivity index (χ4n) is 1.84. The lowest BCUT2D eigenvalue weighted by molar-refractivity contribution is -0.143. The minimum Gasteiger partial charge on any atom is -0.496 e. The highest BCUT2D eigenvalue weighted by molar-refractivity contribution is 5.96. The molecule has 0 atom stereocenters. The van der Waals surface area contributed by atoms with Gasteiger partial charge in [-0.3, -0.25) is 9.59 Å². The Morgan fingerprint density at radius 3 is 2.68 bits per heavy atom. The first-order valence-corrected chi connectivity index (χ1v) is 7.33. The van der Waals surface area contributed by atoms with Gasteiger partial charge in [0.2, 0.25) is 5.91 Å². The topological polar surface area (TPSA) is 64.6 Å². The molecule has 5 heteroatoms. The highest BCUT2D eigenvalue weighted by Crippen LogP contribution is 2.24. The predicted octanol–water partition coefficient (Wildman–Crippen LogP) is 2.56. The number of unbranched alkanes of at least 4 members (excludes halogenated alkanes) is 1. The number of carbonyl (C=O) groups excluding carboxylic acids is 2. The lowest BCUT2D eigenvalue weighted by Gasteiger charge is -2.08. The summed E-state index contributed by atoms with van der Waals surface area (Å²) in [6.07, 6.45) is 3.23. The Morgan fingerprint density at radius 2 is 2.00 bits per heavy atom. The molecule has 120 valence electrons. The minimum absolute atomic E-state index is 0.127. The summed E-state index contributed by atoms with van der Waals surface area (Å²) in [7, 11) is 1.58. The van der Waals surface area contributed by atoms with Crippen molar-refractivity contribution in [3.63, 3.8) is 0 Å². The number of benzene rings is 1. The number of esters is 1. The van der Waals surface area contributed by atoms with Gasteiger partial charge in [0.1, 0.15) is 12.3 Å². The van der Waals surface area contributed by atoms with E-state index in [1.807, 2.05) is 38.1 Å². The van der Waals surface area contributed by atoms with Crippen LogP contribution in [0.5, 0.6) is 5.75 Å². The molecule has 0 aliphatic carbocycles. The van der Waals surface area contributed by atoms with Gasteiger partial charge in [0.25, 0.3) is 0 Å². The molecule has 0 bridgehead atoms. The van der Waals surface area contributed by atoms with Crippen molar-refractivity contribution >= 4 is 17.4 Å². The maximum atomic E-state index is 11.8. The molecule has 1 amide bonds. The largest absolute Gasteiger partial charge is 0.496 e. The Kier molecular flexibility index (Phi) is 7.75. The van der Waals surface area contributed by atoms with Crippen molar-refractivity contribution in [1.82, 2.24) is 5.32 Å². The van der Waals surface area contributed by atoms with Crippen LogP contribution in [0.25, 0.3) is 5.57 Å². The highest BCUT2D eigenvalue weighted by Gasteiger charge is 2.08. The summed E-state index contributed by atoms with van der Waals surface area (Å²) in [6.45, 7) is 4.09. The molecule has 0 saturated heterocycles. The van der Waals surface area contributed by atoms with Crippen LogP contribution in [0.1, 0.15) is 32.3 Å². The van der Waals surface area contributed by atoms with Crippen molar-refractivity contribution in [2.75, 3.05) is 20.3 Å². The van der Waals surface area contributed by atoms with E-state index in [0.29, 0.717) is 12.4 Å². The molecule has 22 heavy (non-hydrogen) atoms. The zero-order valence-corrected chi connectivity index (χ0v) is 13.3. The van der Waals surface area contributed by atoms with E-state index in [9.17, 15) is 9.59 Å². The van der Waals surface area contributed by atoms with Crippen molar-refractivity contribution in [3.8, 4) is 5.75 Å². The monoisotopic (exact) mass is 305 g/mol. The van der Waals surface area contributed by atoms with Gasteiger partial charge in [-0.2, -0.15) is 0 Å². The molecule has 0 aliphatic heterocycles. The first kappa shape index (κ1) is 17.8. The van der Waals surface area contributed by atoms with Crippen LogP contribution in [0.2, 0.25) is 0 Å². The summed E-state index contributed by atoms with van der Waals surface area (Å²) in [5, 5.41) is 2.52. The maximum absolute atomic E-state index is 11.8. The Bertz CT molecular complexity index is 537. The van der Waals surface area contributed by atoms with E-state index < -0.39 is 5.97 Å². The predicted molar refractivity (Wildman–Crippen MR) is 85.5 cm³/mol. The molecule has 1 aromatic rings. The van der Waals surface area contributed by atoms with Crippen LogP contribution in [-0.2, 0) is 14.3 Å². The van der Waals surface area contributed by atoms with E-state index in [0.717, 1.165) is 24.0 Å². The Morgan fingerprint density at radius 1 is 1.27 bits per heavy atom. The molecule has 1 N–H and O–H groups in total. The lowest BCUT2D eigenvalue weighted by atomic mass is 10.1. The van der Waals surface area contributed by atoms with Gasteiger partial charge in [-0.05, 0) is 25.0 Å². The van der Waals surface area contributed by atoms with Crippen LogP contribution in [0.3, 0.4) is 0 Å². The van der Waals surface area contributed by atoms with E-state index in [4.69, 9.17) is 9.47 Å². The number of amides is 1. The standard InChI is InChI=1S/C17H23NO4/c1-4-5-10-22-17(20)12-18-16(19)11-13(2)14-8-6-7-9-15(14)21-3/h6-9,11H,4-5,10,12H2,1-3H3,(H,18,19)/b13-11-. The molecule has 0 fully saturated rings. The van der Waals surface area contributed by atoms with E-state index >= 15 is 0 Å². The van der Waals surface area contributed by atoms with E-state index in [-0.39, 0.29) is 12.5 Å². The molecular weight excluding hydrogens is 282 g/mol. The van der Waals surface area contributed by atoms with Crippen LogP contribution in [0, 0.1) is 0 Å². The second-order valence-corrected chi connectivity index (χ2v) is 4.82. The van der Waals surface area contributed by atoms with Gasteiger partial charge in [-0.1, -0.05) is 31.5 Å². The number of carbonyl (C=O) groups is 2. The number of ether oxygens (including phenoxy) is 2. The average molecular weight is 305 g/mol. The first-order chi connectivity index (χ1) is 10.6. The number of rotatable bonds is 8. The molecule has 0 radical (unpaired) electrons. The first-order valence-electron chi connectivity index (χ1n) is 7.33. The third kappa shape index (κ3) is 5.99. The summed E-state index contributed by atoms with van der Waals surface area (Å²) in [4.78, 5) is 23.2. The molecule has 0 heterocycles. The molecule has 0 aliphatic rings.